The Bertz CT molecular complexity index is 2810. The Morgan fingerprint density at radius 3 is 2.26 bits per heavy atom. The van der Waals surface area contributed by atoms with Crippen molar-refractivity contribution in [3.8, 4) is 40.9 Å². The fourth-order valence-electron chi connectivity index (χ4n) is 11.5. The van der Waals surface area contributed by atoms with Crippen molar-refractivity contribution in [1.29, 1.82) is 0 Å². The van der Waals surface area contributed by atoms with Gasteiger partial charge in [0.05, 0.1) is 97.0 Å². The number of Topliss-reactive ketones (excluding diaryl/α,β-unsaturated/α-hetero) is 1. The van der Waals surface area contributed by atoms with Crippen LogP contribution in [0.5, 0.6) is 17.2 Å². The van der Waals surface area contributed by atoms with Crippen molar-refractivity contribution in [2.24, 2.45) is 0 Å². The summed E-state index contributed by atoms with van der Waals surface area (Å²) < 4.78 is 72.8. The molecule has 1 amide bonds. The highest BCUT2D eigenvalue weighted by molar-refractivity contribution is 14.1. The van der Waals surface area contributed by atoms with Gasteiger partial charge >= 0.3 is 6.09 Å². The third kappa shape index (κ3) is 16.1. The van der Waals surface area contributed by atoms with E-state index in [2.05, 4.69) is 39.8 Å². The largest absolute Gasteiger partial charge is 0.492 e. The first kappa shape index (κ1) is 69.6. The molecule has 4 heterocycles. The van der Waals surface area contributed by atoms with Crippen LogP contribution in [0.4, 0.5) is 4.79 Å². The number of rotatable bonds is 22. The molecular formula is C59H80IN3O21S3. The molecule has 1 saturated carbocycles. The minimum atomic E-state index is -2.05. The number of hydrogen-bond acceptors (Lipinski definition) is 26. The van der Waals surface area contributed by atoms with E-state index in [4.69, 9.17) is 61.7 Å². The second-order valence-corrected chi connectivity index (χ2v) is 26.8. The number of likely N-dealkylation sites (N-methyl/N-ethyl adjacent to an activating group) is 1. The van der Waals surface area contributed by atoms with Crippen LogP contribution in [-0.4, -0.2) is 217 Å². The predicted octanol–water partition coefficient (Wildman–Crippen LogP) is 3.86. The van der Waals surface area contributed by atoms with Gasteiger partial charge in [-0.3, -0.25) is 19.7 Å². The molecule has 7 aliphatic rings. The fraction of sp³-hybridized carbons (Fsp3) is 0.678. The first-order valence-corrected chi connectivity index (χ1v) is 33.2. The van der Waals surface area contributed by atoms with E-state index in [0.29, 0.717) is 26.7 Å². The van der Waals surface area contributed by atoms with Crippen molar-refractivity contribution < 1.29 is 102 Å². The second-order valence-electron chi connectivity index (χ2n) is 21.8. The summed E-state index contributed by atoms with van der Waals surface area (Å²) in [4.78, 5) is 47.8. The van der Waals surface area contributed by atoms with Gasteiger partial charge < -0.3 is 87.7 Å². The van der Waals surface area contributed by atoms with Crippen LogP contribution in [0.25, 0.3) is 0 Å². The van der Waals surface area contributed by atoms with E-state index in [1.54, 1.807) is 62.5 Å². The number of ether oxygens (including phenoxy) is 12. The number of aliphatic hydroxyl groups excluding tert-OH is 4. The van der Waals surface area contributed by atoms with E-state index < -0.39 is 127 Å². The van der Waals surface area contributed by atoms with E-state index in [0.717, 1.165) is 44.6 Å². The number of nitrogens with one attached hydrogen (secondary N) is 3. The number of alkyl carbamates (subject to hydrolysis) is 1. The number of halogens is 1. The minimum absolute atomic E-state index is 0.00924. The van der Waals surface area contributed by atoms with Gasteiger partial charge in [0.15, 0.2) is 41.8 Å². The average molecular weight is 1390 g/mol. The molecule has 0 radical (unpaired) electrons. The lowest BCUT2D eigenvalue weighted by Gasteiger charge is -2.46. The number of methoxy groups -OCH3 is 5. The Balaban J connectivity index is 1.02. The summed E-state index contributed by atoms with van der Waals surface area (Å²) in [7, 11) is 10.2. The van der Waals surface area contributed by atoms with Crippen molar-refractivity contribution in [2.45, 2.75) is 200 Å². The third-order valence-corrected chi connectivity index (χ3v) is 21.7. The first-order chi connectivity index (χ1) is 41.7. The molecule has 3 aliphatic carbocycles. The maximum atomic E-state index is 14.5. The number of fused-ring (bicyclic) bond motifs is 2. The number of hydroxylamine groups is 1. The van der Waals surface area contributed by atoms with Gasteiger partial charge in [-0.15, -0.1) is 0 Å². The highest BCUT2D eigenvalue weighted by Crippen LogP contribution is 2.49. The van der Waals surface area contributed by atoms with Gasteiger partial charge in [-0.05, 0) is 87.4 Å². The van der Waals surface area contributed by atoms with Gasteiger partial charge in [0.1, 0.15) is 36.6 Å². The monoisotopic (exact) mass is 1390 g/mol. The minimum Gasteiger partial charge on any atom is -0.492 e. The summed E-state index contributed by atoms with van der Waals surface area (Å²) in [6, 6.07) is -1.26. The van der Waals surface area contributed by atoms with Gasteiger partial charge in [0.2, 0.25) is 17.2 Å². The average Bonchev–Trinajstić information content (AvgIpc) is 1.04. The highest BCUT2D eigenvalue weighted by atomic mass is 127. The summed E-state index contributed by atoms with van der Waals surface area (Å²) in [6.45, 7) is 9.45. The van der Waals surface area contributed by atoms with Crippen LogP contribution in [0.3, 0.4) is 0 Å². The van der Waals surface area contributed by atoms with Gasteiger partial charge in [-0.25, -0.2) is 4.79 Å². The SMILES string of the molecule is CCN[C@H]1CO[C@@H](O[C@H]2[C@H](O[C@H]3C#C/C=C/C#C[C@]4(O)CC(=O)C(NC(=O)OC)=C3/C4=C\CSSC3CCCC3)O[C@H](C)[C@@H](NO[C@H]3C[C@H](O)[C@H](SC(=O)c4c(C)c(I)c(O[C@@H]5O[C@@H](C)[C@H](O)[C@@H](OC)[C@H]5O)c(OC)c4OC)[C@@H](C)O3)[C@@H]2O)C[C@@H]1OC. The van der Waals surface area contributed by atoms with E-state index in [1.165, 1.54) is 33.5 Å². The van der Waals surface area contributed by atoms with Crippen LogP contribution >= 0.6 is 55.9 Å². The molecule has 2 bridgehead atoms. The highest BCUT2D eigenvalue weighted by Gasteiger charge is 2.52. The summed E-state index contributed by atoms with van der Waals surface area (Å²) in [6.07, 6.45) is -9.10. The molecule has 1 aromatic rings. The van der Waals surface area contributed by atoms with E-state index in [-0.39, 0.29) is 71.2 Å². The predicted molar refractivity (Wildman–Crippen MR) is 328 cm³/mol. The number of hydrogen-bond donors (Lipinski definition) is 8. The van der Waals surface area contributed by atoms with E-state index >= 15 is 0 Å². The molecule has 1 aromatic carbocycles. The van der Waals surface area contributed by atoms with E-state index in [9.17, 15) is 39.9 Å². The van der Waals surface area contributed by atoms with Crippen LogP contribution in [0.15, 0.2) is 35.1 Å². The van der Waals surface area contributed by atoms with Crippen molar-refractivity contribution in [3.05, 3.63) is 49.8 Å². The summed E-state index contributed by atoms with van der Waals surface area (Å²) in [5.74, 6) is 11.5. The number of ketones is 1. The number of benzene rings is 1. The molecule has 5 fully saturated rings. The van der Waals surface area contributed by atoms with Gasteiger partial charge in [0.25, 0.3) is 0 Å². The maximum Gasteiger partial charge on any atom is 0.411 e. The molecule has 24 nitrogen and oxygen atoms in total. The van der Waals surface area contributed by atoms with Crippen LogP contribution in [0, 0.1) is 34.2 Å². The quantitative estimate of drug-likeness (QED) is 0.0269. The molecule has 8 N–H and O–H groups in total. The molecule has 19 atom stereocenters. The lowest BCUT2D eigenvalue weighted by atomic mass is 9.75. The molecule has 28 heteroatoms. The lowest BCUT2D eigenvalue weighted by molar-refractivity contribution is -0.336. The molecule has 0 spiro atoms. The van der Waals surface area contributed by atoms with Crippen molar-refractivity contribution in [1.82, 2.24) is 16.1 Å². The molecule has 8 rings (SSSR count). The van der Waals surface area contributed by atoms with Crippen LogP contribution in [0.1, 0.15) is 88.6 Å². The molecule has 4 aliphatic heterocycles. The van der Waals surface area contributed by atoms with Crippen molar-refractivity contribution in [3.63, 3.8) is 0 Å². The van der Waals surface area contributed by atoms with Crippen LogP contribution in [-0.2, 0) is 52.3 Å². The Morgan fingerprint density at radius 2 is 1.59 bits per heavy atom. The van der Waals surface area contributed by atoms with Gasteiger partial charge in [-0.1, -0.05) is 82.9 Å². The standard InChI is InChI=1S/C59H80IN3O21S3/c1-11-61-34-27-77-39(25-38(34)72-6)82-52-47(67)44(29(3)79-57(52)81-37-20-14-12-13-17-22-59(71)26-36(65)45(62-58(70)76-10)42(37)33(59)21-23-85-87-32-18-15-16-19-32)63-84-40-24-35(64)54(31(5)78-40)86-55(69)41-28(2)43(60)50(53(75-9)49(41)73-7)83-56-48(68)51(74-8)46(66)30(4)80-56/h12-13,21,29-32,34-35,37-40,44,46-48,51-52,54,56-57,61,63-64,66-68,71H,11,15-16,18-19,23-27H2,1-10H3,(H,62,70)/b13-12+,33-21+/t29-,30+,31-,34+,35+,37+,38+,39+,40+,44-,46+,47+,48-,51-,52-,54-,56+,57+,59+/m1/s1. The summed E-state index contributed by atoms with van der Waals surface area (Å²) >= 11 is 2.83. The number of aliphatic hydroxyl groups is 5. The van der Waals surface area contributed by atoms with Gasteiger partial charge in [-0.2, -0.15) is 5.48 Å². The summed E-state index contributed by atoms with van der Waals surface area (Å²) in [5, 5.41) is 63.5. The van der Waals surface area contributed by atoms with Crippen LogP contribution in [0.2, 0.25) is 0 Å². The Morgan fingerprint density at radius 1 is 0.862 bits per heavy atom. The Labute approximate surface area is 532 Å². The molecule has 0 unspecified atom stereocenters. The normalized spacial score (nSPS) is 36.2. The number of amides is 1. The summed E-state index contributed by atoms with van der Waals surface area (Å²) in [5.41, 5.74) is 1.40. The molecule has 482 valence electrons. The first-order valence-electron chi connectivity index (χ1n) is 28.9. The molecule has 4 saturated heterocycles. The maximum absolute atomic E-state index is 14.5. The van der Waals surface area contributed by atoms with Crippen molar-refractivity contribution >= 4 is 72.9 Å². The number of allylic oxidation sites excluding steroid dienone is 3. The van der Waals surface area contributed by atoms with Crippen LogP contribution < -0.4 is 30.3 Å². The Hall–Kier alpha value is -3.29. The van der Waals surface area contributed by atoms with Gasteiger partial charge in [0, 0.05) is 49.2 Å². The number of carbonyl (C=O) groups excluding carboxylic acids is 3. The third-order valence-electron chi connectivity index (χ3n) is 16.2. The number of carbonyl (C=O) groups is 3. The zero-order valence-corrected chi connectivity index (χ0v) is 54.8. The smallest absolute Gasteiger partial charge is 0.411 e. The number of thioether (sulfide) groups is 1. The fourth-order valence-corrected chi connectivity index (χ4v) is 15.9. The molecule has 0 aromatic heterocycles. The zero-order valence-electron chi connectivity index (χ0n) is 50.1. The van der Waals surface area contributed by atoms with E-state index in [1.807, 2.05) is 29.5 Å². The zero-order chi connectivity index (χ0) is 62.9. The molecule has 87 heavy (non-hydrogen) atoms. The Kier molecular flexibility index (Phi) is 25.5. The van der Waals surface area contributed by atoms with Crippen molar-refractivity contribution in [2.75, 3.05) is 54.5 Å². The topological polar surface area (TPSA) is 308 Å². The lowest BCUT2D eigenvalue weighted by Crippen LogP contribution is -2.65. The second kappa shape index (κ2) is 31.8. The molecular weight excluding hydrogens is 1310 g/mol.